The first-order valence-corrected chi connectivity index (χ1v) is 10.0. The second kappa shape index (κ2) is 9.74. The number of nitrogens with zero attached hydrogens (tertiary/aromatic N) is 2. The minimum Gasteiger partial charge on any atom is -0.494 e. The standard InChI is InChI=1S/C22H24ClFN2O3/c1-16-4-2-5-18(14-16)29-13-3-6-21(27)25-9-11-26(12-10-25)22(28)19-8-7-17(24)15-20(19)23/h2,4-5,7-8,14-15H,3,6,9-13H2,1H3. The third kappa shape index (κ3) is 5.70. The van der Waals surface area contributed by atoms with Crippen LogP contribution in [0.4, 0.5) is 4.39 Å². The van der Waals surface area contributed by atoms with Crippen molar-refractivity contribution in [3.8, 4) is 5.75 Å². The molecule has 0 radical (unpaired) electrons. The predicted octanol–water partition coefficient (Wildman–Crippen LogP) is 3.93. The molecule has 1 fully saturated rings. The lowest BCUT2D eigenvalue weighted by molar-refractivity contribution is -0.132. The molecule has 5 nitrogen and oxygen atoms in total. The molecule has 0 aliphatic carbocycles. The summed E-state index contributed by atoms with van der Waals surface area (Å²) in [7, 11) is 0. The van der Waals surface area contributed by atoms with Gasteiger partial charge in [0.05, 0.1) is 17.2 Å². The number of hydrogen-bond donors (Lipinski definition) is 0. The van der Waals surface area contributed by atoms with Gasteiger partial charge in [-0.25, -0.2) is 4.39 Å². The number of piperazine rings is 1. The molecule has 2 aromatic carbocycles. The van der Waals surface area contributed by atoms with Crippen LogP contribution in [0.1, 0.15) is 28.8 Å². The summed E-state index contributed by atoms with van der Waals surface area (Å²) < 4.78 is 18.9. The lowest BCUT2D eigenvalue weighted by Gasteiger charge is -2.35. The molecule has 0 spiro atoms. The quantitative estimate of drug-likeness (QED) is 0.668. The largest absolute Gasteiger partial charge is 0.494 e. The van der Waals surface area contributed by atoms with Gasteiger partial charge in [-0.05, 0) is 49.2 Å². The number of benzene rings is 2. The topological polar surface area (TPSA) is 49.9 Å². The molecule has 1 aliphatic rings. The second-order valence-corrected chi connectivity index (χ2v) is 7.47. The Morgan fingerprint density at radius 3 is 2.48 bits per heavy atom. The molecule has 3 rings (SSSR count). The van der Waals surface area contributed by atoms with Gasteiger partial charge in [0.2, 0.25) is 5.91 Å². The molecule has 0 aromatic heterocycles. The highest BCUT2D eigenvalue weighted by Crippen LogP contribution is 2.20. The molecule has 29 heavy (non-hydrogen) atoms. The van der Waals surface area contributed by atoms with Crippen molar-refractivity contribution in [2.24, 2.45) is 0 Å². The molecule has 0 atom stereocenters. The highest BCUT2D eigenvalue weighted by molar-refractivity contribution is 6.33. The highest BCUT2D eigenvalue weighted by atomic mass is 35.5. The van der Waals surface area contributed by atoms with Crippen molar-refractivity contribution in [1.82, 2.24) is 9.80 Å². The summed E-state index contributed by atoms with van der Waals surface area (Å²) in [5.74, 6) is 0.149. The Kier molecular flexibility index (Phi) is 7.09. The monoisotopic (exact) mass is 418 g/mol. The zero-order valence-corrected chi connectivity index (χ0v) is 17.1. The van der Waals surface area contributed by atoms with Gasteiger partial charge in [0.15, 0.2) is 0 Å². The Hall–Kier alpha value is -2.60. The number of carbonyl (C=O) groups excluding carboxylic acids is 2. The Bertz CT molecular complexity index is 882. The van der Waals surface area contributed by atoms with Crippen molar-refractivity contribution >= 4 is 23.4 Å². The van der Waals surface area contributed by atoms with Crippen LogP contribution < -0.4 is 4.74 Å². The van der Waals surface area contributed by atoms with Crippen LogP contribution >= 0.6 is 11.6 Å². The van der Waals surface area contributed by atoms with Crippen LogP contribution in [0.15, 0.2) is 42.5 Å². The van der Waals surface area contributed by atoms with E-state index >= 15 is 0 Å². The highest BCUT2D eigenvalue weighted by Gasteiger charge is 2.25. The molecular formula is C22H24ClFN2O3. The van der Waals surface area contributed by atoms with Crippen molar-refractivity contribution in [3.63, 3.8) is 0 Å². The molecular weight excluding hydrogens is 395 g/mol. The molecule has 7 heteroatoms. The summed E-state index contributed by atoms with van der Waals surface area (Å²) in [4.78, 5) is 28.4. The van der Waals surface area contributed by atoms with E-state index < -0.39 is 5.82 Å². The Labute approximate surface area is 175 Å². The molecule has 1 aliphatic heterocycles. The number of aryl methyl sites for hydroxylation is 1. The predicted molar refractivity (Wildman–Crippen MR) is 110 cm³/mol. The molecule has 1 saturated heterocycles. The second-order valence-electron chi connectivity index (χ2n) is 7.07. The fourth-order valence-electron chi connectivity index (χ4n) is 3.27. The third-order valence-electron chi connectivity index (χ3n) is 4.87. The number of hydrogen-bond acceptors (Lipinski definition) is 3. The number of amides is 2. The van der Waals surface area contributed by atoms with E-state index in [0.717, 1.165) is 17.4 Å². The van der Waals surface area contributed by atoms with Gasteiger partial charge in [-0.1, -0.05) is 23.7 Å². The van der Waals surface area contributed by atoms with Crippen LogP contribution in [-0.2, 0) is 4.79 Å². The third-order valence-corrected chi connectivity index (χ3v) is 5.19. The average molecular weight is 419 g/mol. The molecule has 154 valence electrons. The number of carbonyl (C=O) groups is 2. The minimum absolute atomic E-state index is 0.0600. The van der Waals surface area contributed by atoms with E-state index in [2.05, 4.69) is 0 Å². The van der Waals surface area contributed by atoms with Crippen LogP contribution in [0.2, 0.25) is 5.02 Å². The smallest absolute Gasteiger partial charge is 0.255 e. The van der Waals surface area contributed by atoms with Gasteiger partial charge in [0, 0.05) is 32.6 Å². The lowest BCUT2D eigenvalue weighted by atomic mass is 10.1. The van der Waals surface area contributed by atoms with Crippen LogP contribution in [0.5, 0.6) is 5.75 Å². The van der Waals surface area contributed by atoms with Crippen LogP contribution in [0.3, 0.4) is 0 Å². The summed E-state index contributed by atoms with van der Waals surface area (Å²) in [6, 6.07) is 11.6. The lowest BCUT2D eigenvalue weighted by Crippen LogP contribution is -2.50. The molecule has 0 bridgehead atoms. The minimum atomic E-state index is -0.478. The van der Waals surface area contributed by atoms with Gasteiger partial charge >= 0.3 is 0 Å². The normalized spacial score (nSPS) is 14.0. The van der Waals surface area contributed by atoms with E-state index in [9.17, 15) is 14.0 Å². The molecule has 1 heterocycles. The Morgan fingerprint density at radius 2 is 1.79 bits per heavy atom. The first-order chi connectivity index (χ1) is 13.9. The molecule has 0 unspecified atom stereocenters. The van der Waals surface area contributed by atoms with E-state index in [1.54, 1.807) is 9.80 Å². The van der Waals surface area contributed by atoms with E-state index in [-0.39, 0.29) is 22.4 Å². The Morgan fingerprint density at radius 1 is 1.07 bits per heavy atom. The van der Waals surface area contributed by atoms with Crippen LogP contribution in [0.25, 0.3) is 0 Å². The van der Waals surface area contributed by atoms with Gasteiger partial charge in [-0.3, -0.25) is 9.59 Å². The van der Waals surface area contributed by atoms with Crippen LogP contribution in [0, 0.1) is 12.7 Å². The first-order valence-electron chi connectivity index (χ1n) is 9.65. The van der Waals surface area contributed by atoms with Gasteiger partial charge in [-0.2, -0.15) is 0 Å². The zero-order valence-electron chi connectivity index (χ0n) is 16.4. The van der Waals surface area contributed by atoms with Crippen molar-refractivity contribution in [3.05, 3.63) is 64.4 Å². The first kappa shape index (κ1) is 21.1. The fraction of sp³-hybridized carbons (Fsp3) is 0.364. The zero-order chi connectivity index (χ0) is 20.8. The summed E-state index contributed by atoms with van der Waals surface area (Å²) >= 11 is 5.98. The summed E-state index contributed by atoms with van der Waals surface area (Å²) in [5.41, 5.74) is 1.41. The SMILES string of the molecule is Cc1cccc(OCCCC(=O)N2CCN(C(=O)c3ccc(F)cc3Cl)CC2)c1. The maximum Gasteiger partial charge on any atom is 0.255 e. The van der Waals surface area contributed by atoms with Gasteiger partial charge in [0.1, 0.15) is 11.6 Å². The number of halogens is 2. The van der Waals surface area contributed by atoms with Gasteiger partial charge < -0.3 is 14.5 Å². The molecule has 2 amide bonds. The summed E-state index contributed by atoms with van der Waals surface area (Å²) in [6.07, 6.45) is 1.04. The van der Waals surface area contributed by atoms with E-state index in [0.29, 0.717) is 45.6 Å². The van der Waals surface area contributed by atoms with E-state index in [4.69, 9.17) is 16.3 Å². The summed E-state index contributed by atoms with van der Waals surface area (Å²) in [5, 5.41) is 0.0992. The molecule has 0 N–H and O–H groups in total. The van der Waals surface area contributed by atoms with Crippen LogP contribution in [-0.4, -0.2) is 54.4 Å². The van der Waals surface area contributed by atoms with Crippen molar-refractivity contribution < 1.29 is 18.7 Å². The maximum atomic E-state index is 13.2. The number of ether oxygens (including phenoxy) is 1. The van der Waals surface area contributed by atoms with Crippen molar-refractivity contribution in [2.75, 3.05) is 32.8 Å². The van der Waals surface area contributed by atoms with Crippen molar-refractivity contribution in [2.45, 2.75) is 19.8 Å². The van der Waals surface area contributed by atoms with E-state index in [1.807, 2.05) is 31.2 Å². The average Bonchev–Trinajstić information content (AvgIpc) is 2.71. The molecule has 2 aromatic rings. The maximum absolute atomic E-state index is 13.2. The molecule has 0 saturated carbocycles. The Balaban J connectivity index is 1.41. The van der Waals surface area contributed by atoms with E-state index in [1.165, 1.54) is 12.1 Å². The van der Waals surface area contributed by atoms with Crippen molar-refractivity contribution in [1.29, 1.82) is 0 Å². The van der Waals surface area contributed by atoms with Gasteiger partial charge in [-0.15, -0.1) is 0 Å². The summed E-state index contributed by atoms with van der Waals surface area (Å²) in [6.45, 7) is 4.29. The fourth-order valence-corrected chi connectivity index (χ4v) is 3.52. The number of rotatable bonds is 6. The van der Waals surface area contributed by atoms with Gasteiger partial charge in [0.25, 0.3) is 5.91 Å².